The third kappa shape index (κ3) is 4.60. The minimum absolute atomic E-state index is 0.289. The van der Waals surface area contributed by atoms with Crippen LogP contribution in [0.2, 0.25) is 0 Å². The first-order chi connectivity index (χ1) is 16.6. The van der Waals surface area contributed by atoms with Gasteiger partial charge in [0.1, 0.15) is 5.82 Å². The fraction of sp³-hybridized carbons (Fsp3) is 0.167. The Hall–Kier alpha value is -4.60. The summed E-state index contributed by atoms with van der Waals surface area (Å²) >= 11 is 0. The van der Waals surface area contributed by atoms with E-state index in [1.807, 2.05) is 55.6 Å². The normalized spacial score (nSPS) is 15.3. The highest BCUT2D eigenvalue weighted by Gasteiger charge is 2.21. The minimum atomic E-state index is -0.387. The van der Waals surface area contributed by atoms with Gasteiger partial charge >= 0.3 is 6.03 Å². The molecule has 5 rings (SSSR count). The Morgan fingerprint density at radius 1 is 1.21 bits per heavy atom. The number of nitrogens with one attached hydrogen (secondary N) is 4. The van der Waals surface area contributed by atoms with Crippen LogP contribution in [0.3, 0.4) is 0 Å². The van der Waals surface area contributed by atoms with E-state index in [0.29, 0.717) is 35.7 Å². The minimum Gasteiger partial charge on any atom is -0.353 e. The van der Waals surface area contributed by atoms with E-state index >= 15 is 0 Å². The molecule has 1 aromatic carbocycles. The standard InChI is InChI=1S/C24H23N9O/c1-15-9-18(7-8-26-15)27-23-17(12-25)10-22-28-21(23)14-33-13-19(31-32-33)11-20(29-24(34)30-22)16-5-3-2-4-6-16/h2-10,12-13,20,25H,11,14H2,1H3,(H,26,27)(H2,28,29,30,34). The monoisotopic (exact) mass is 453 g/mol. The Balaban J connectivity index is 1.55. The quantitative estimate of drug-likeness (QED) is 0.349. The number of benzene rings is 1. The van der Waals surface area contributed by atoms with Crippen LogP contribution < -0.4 is 16.0 Å². The number of fused-ring (bicyclic) bond motifs is 4. The number of rotatable bonds is 4. The summed E-state index contributed by atoms with van der Waals surface area (Å²) in [4.78, 5) is 21.8. The number of aromatic nitrogens is 5. The lowest BCUT2D eigenvalue weighted by Gasteiger charge is -2.20. The molecule has 10 nitrogen and oxygen atoms in total. The second-order valence-electron chi connectivity index (χ2n) is 8.05. The lowest BCUT2D eigenvalue weighted by molar-refractivity contribution is 0.248. The number of aryl methyl sites for hydroxylation is 1. The number of carbonyl (C=O) groups excluding carboxylic acids is 1. The largest absolute Gasteiger partial charge is 0.353 e. The highest BCUT2D eigenvalue weighted by Crippen LogP contribution is 2.27. The number of hydrogen-bond acceptors (Lipinski definition) is 7. The molecule has 4 N–H and O–H groups in total. The van der Waals surface area contributed by atoms with Gasteiger partial charge in [0.05, 0.1) is 29.7 Å². The van der Waals surface area contributed by atoms with Gasteiger partial charge in [0.15, 0.2) is 0 Å². The van der Waals surface area contributed by atoms with Crippen LogP contribution in [0.5, 0.6) is 0 Å². The number of hydrogen-bond donors (Lipinski definition) is 4. The molecular weight excluding hydrogens is 430 g/mol. The van der Waals surface area contributed by atoms with Crippen molar-refractivity contribution in [3.8, 4) is 0 Å². The van der Waals surface area contributed by atoms with Crippen molar-refractivity contribution in [2.24, 2.45) is 0 Å². The van der Waals surface area contributed by atoms with Gasteiger partial charge in [0.2, 0.25) is 0 Å². The molecule has 1 atom stereocenters. The molecule has 1 aliphatic heterocycles. The highest BCUT2D eigenvalue weighted by molar-refractivity contribution is 5.93. The number of pyridine rings is 2. The van der Waals surface area contributed by atoms with E-state index < -0.39 is 0 Å². The van der Waals surface area contributed by atoms with Crippen LogP contribution in [0.1, 0.15) is 34.3 Å². The first-order valence-electron chi connectivity index (χ1n) is 10.8. The number of carbonyl (C=O) groups is 1. The van der Waals surface area contributed by atoms with Crippen LogP contribution in [0, 0.1) is 12.3 Å². The molecule has 2 amide bonds. The number of amides is 2. The van der Waals surface area contributed by atoms with Gasteiger partial charge in [-0.1, -0.05) is 35.5 Å². The topological polar surface area (TPSA) is 134 Å². The van der Waals surface area contributed by atoms with E-state index in [4.69, 9.17) is 5.41 Å². The van der Waals surface area contributed by atoms with Gasteiger partial charge < -0.3 is 16.0 Å². The van der Waals surface area contributed by atoms with Crippen LogP contribution >= 0.6 is 0 Å². The van der Waals surface area contributed by atoms with E-state index in [1.54, 1.807) is 16.9 Å². The summed E-state index contributed by atoms with van der Waals surface area (Å²) in [6.07, 6.45) is 5.30. The van der Waals surface area contributed by atoms with Crippen molar-refractivity contribution in [2.45, 2.75) is 25.9 Å². The molecule has 34 heavy (non-hydrogen) atoms. The number of anilines is 3. The molecule has 0 aliphatic carbocycles. The van der Waals surface area contributed by atoms with Gasteiger partial charge in [-0.2, -0.15) is 0 Å². The number of urea groups is 1. The molecule has 1 aliphatic rings. The van der Waals surface area contributed by atoms with Crippen molar-refractivity contribution in [3.63, 3.8) is 0 Å². The Morgan fingerprint density at radius 2 is 2.06 bits per heavy atom. The van der Waals surface area contributed by atoms with Crippen LogP contribution in [0.4, 0.5) is 22.0 Å². The third-order valence-corrected chi connectivity index (χ3v) is 5.51. The van der Waals surface area contributed by atoms with Crippen molar-refractivity contribution in [3.05, 3.63) is 89.1 Å². The fourth-order valence-corrected chi connectivity index (χ4v) is 3.94. The third-order valence-electron chi connectivity index (χ3n) is 5.51. The molecule has 4 aromatic rings. The van der Waals surface area contributed by atoms with Crippen LogP contribution in [-0.4, -0.2) is 37.2 Å². The van der Waals surface area contributed by atoms with Gasteiger partial charge in [-0.25, -0.2) is 14.5 Å². The maximum absolute atomic E-state index is 12.9. The molecule has 4 bridgehead atoms. The summed E-state index contributed by atoms with van der Waals surface area (Å²) in [6.45, 7) is 2.22. The smallest absolute Gasteiger partial charge is 0.320 e. The molecule has 4 heterocycles. The first-order valence-corrected chi connectivity index (χ1v) is 10.8. The molecule has 3 aromatic heterocycles. The van der Waals surface area contributed by atoms with Crippen LogP contribution in [-0.2, 0) is 13.0 Å². The molecule has 170 valence electrons. The van der Waals surface area contributed by atoms with Gasteiger partial charge in [-0.05, 0) is 30.7 Å². The van der Waals surface area contributed by atoms with Crippen LogP contribution in [0.15, 0.2) is 60.9 Å². The Bertz CT molecular complexity index is 1350. The SMILES string of the molecule is Cc1cc(Nc2c(C=N)cc3nc2Cn2cc(nn2)CC(c2ccccc2)NC(=O)N3)ccn1. The van der Waals surface area contributed by atoms with E-state index in [2.05, 4.69) is 36.2 Å². The molecule has 0 radical (unpaired) electrons. The van der Waals surface area contributed by atoms with E-state index in [9.17, 15) is 4.79 Å². The average Bonchev–Trinajstić information content (AvgIpc) is 3.27. The zero-order valence-corrected chi connectivity index (χ0v) is 18.5. The van der Waals surface area contributed by atoms with Crippen molar-refractivity contribution < 1.29 is 4.79 Å². The summed E-state index contributed by atoms with van der Waals surface area (Å²) in [5.74, 6) is 0.343. The number of nitrogens with zero attached hydrogens (tertiary/aromatic N) is 5. The van der Waals surface area contributed by atoms with E-state index in [1.165, 1.54) is 6.21 Å². The zero-order chi connectivity index (χ0) is 23.5. The molecule has 0 fully saturated rings. The maximum atomic E-state index is 12.9. The molecule has 0 saturated carbocycles. The molecular formula is C24H23N9O. The van der Waals surface area contributed by atoms with Gasteiger partial charge in [-0.3, -0.25) is 10.3 Å². The average molecular weight is 454 g/mol. The lowest BCUT2D eigenvalue weighted by atomic mass is 10.0. The second-order valence-corrected chi connectivity index (χ2v) is 8.05. The van der Waals surface area contributed by atoms with Crippen LogP contribution in [0.25, 0.3) is 0 Å². The Kier molecular flexibility index (Phi) is 5.69. The molecule has 0 saturated heterocycles. The predicted octanol–water partition coefficient (Wildman–Crippen LogP) is 3.58. The van der Waals surface area contributed by atoms with Gasteiger partial charge in [0.25, 0.3) is 0 Å². The fourth-order valence-electron chi connectivity index (χ4n) is 3.94. The van der Waals surface area contributed by atoms with Crippen molar-refractivity contribution in [2.75, 3.05) is 10.6 Å². The van der Waals surface area contributed by atoms with E-state index in [0.717, 1.165) is 22.6 Å². The van der Waals surface area contributed by atoms with Gasteiger partial charge in [-0.15, -0.1) is 5.10 Å². The molecule has 10 heteroatoms. The summed E-state index contributed by atoms with van der Waals surface area (Å²) in [5.41, 5.74) is 5.24. The van der Waals surface area contributed by atoms with Crippen molar-refractivity contribution in [1.82, 2.24) is 30.3 Å². The summed E-state index contributed by atoms with van der Waals surface area (Å²) in [5, 5.41) is 25.8. The zero-order valence-electron chi connectivity index (χ0n) is 18.5. The van der Waals surface area contributed by atoms with Gasteiger partial charge in [0, 0.05) is 42.0 Å². The summed E-state index contributed by atoms with van der Waals surface area (Å²) < 4.78 is 1.71. The van der Waals surface area contributed by atoms with Crippen molar-refractivity contribution in [1.29, 1.82) is 5.41 Å². The highest BCUT2D eigenvalue weighted by atomic mass is 16.2. The Labute approximate surface area is 196 Å². The first kappa shape index (κ1) is 21.3. The van der Waals surface area contributed by atoms with Crippen molar-refractivity contribution >= 4 is 29.4 Å². The summed E-state index contributed by atoms with van der Waals surface area (Å²) in [6, 6.07) is 14.5. The predicted molar refractivity (Wildman–Crippen MR) is 129 cm³/mol. The van der Waals surface area contributed by atoms with E-state index in [-0.39, 0.29) is 12.1 Å². The summed E-state index contributed by atoms with van der Waals surface area (Å²) in [7, 11) is 0. The lowest BCUT2D eigenvalue weighted by Crippen LogP contribution is -2.34. The Morgan fingerprint density at radius 3 is 2.85 bits per heavy atom. The maximum Gasteiger partial charge on any atom is 0.320 e. The molecule has 1 unspecified atom stereocenters. The molecule has 0 spiro atoms. The second kappa shape index (κ2) is 9.10.